The van der Waals surface area contributed by atoms with Crippen molar-refractivity contribution in [3.63, 3.8) is 0 Å². The van der Waals surface area contributed by atoms with Crippen LogP contribution in [0, 0.1) is 13.8 Å². The molecule has 0 unspecified atom stereocenters. The number of amides is 2. The highest BCUT2D eigenvalue weighted by atomic mass is 32.1. The van der Waals surface area contributed by atoms with E-state index in [1.807, 2.05) is 25.3 Å². The normalized spacial score (nSPS) is 10.4. The summed E-state index contributed by atoms with van der Waals surface area (Å²) in [5.74, 6) is 0.666. The molecule has 2 N–H and O–H groups in total. The zero-order chi connectivity index (χ0) is 13.1. The molecule has 2 aromatic rings. The molecule has 7 heteroatoms. The van der Waals surface area contributed by atoms with Gasteiger partial charge in [-0.15, -0.1) is 11.3 Å². The van der Waals surface area contributed by atoms with Crippen molar-refractivity contribution in [3.05, 3.63) is 27.8 Å². The zero-order valence-corrected chi connectivity index (χ0v) is 11.3. The van der Waals surface area contributed by atoms with Crippen molar-refractivity contribution in [3.8, 4) is 0 Å². The van der Waals surface area contributed by atoms with Crippen molar-refractivity contribution in [2.24, 2.45) is 7.05 Å². The summed E-state index contributed by atoms with van der Waals surface area (Å²) in [6.07, 6.45) is 0. The average molecular weight is 265 g/mol. The lowest BCUT2D eigenvalue weighted by molar-refractivity contribution is 0.251. The fourth-order valence-corrected chi connectivity index (χ4v) is 2.16. The van der Waals surface area contributed by atoms with Gasteiger partial charge in [-0.2, -0.15) is 5.10 Å². The van der Waals surface area contributed by atoms with E-state index in [4.69, 9.17) is 0 Å². The molecule has 2 heterocycles. The number of thiazole rings is 1. The Morgan fingerprint density at radius 3 is 2.83 bits per heavy atom. The van der Waals surface area contributed by atoms with Gasteiger partial charge in [0.15, 0.2) is 0 Å². The van der Waals surface area contributed by atoms with Crippen LogP contribution in [0.4, 0.5) is 10.6 Å². The Hall–Kier alpha value is -1.89. The van der Waals surface area contributed by atoms with Gasteiger partial charge < -0.3 is 5.32 Å². The second-order valence-electron chi connectivity index (χ2n) is 3.96. The summed E-state index contributed by atoms with van der Waals surface area (Å²) >= 11 is 1.57. The molecule has 0 saturated carbocycles. The van der Waals surface area contributed by atoms with Gasteiger partial charge in [-0.3, -0.25) is 10.00 Å². The fraction of sp³-hybridized carbons (Fsp3) is 0.364. The number of nitrogens with zero attached hydrogens (tertiary/aromatic N) is 3. The lowest BCUT2D eigenvalue weighted by Gasteiger charge is -2.06. The van der Waals surface area contributed by atoms with E-state index in [1.54, 1.807) is 23.1 Å². The number of hydrogen-bond donors (Lipinski definition) is 2. The standard InChI is InChI=1S/C11H15N5OS/c1-7-4-10(16(3)15-7)14-11(17)12-5-9-6-18-8(2)13-9/h4,6H,5H2,1-3H3,(H2,12,14,17). The summed E-state index contributed by atoms with van der Waals surface area (Å²) in [5, 5.41) is 12.6. The van der Waals surface area contributed by atoms with E-state index >= 15 is 0 Å². The van der Waals surface area contributed by atoms with Crippen LogP contribution >= 0.6 is 11.3 Å². The van der Waals surface area contributed by atoms with Crippen LogP contribution in [0.5, 0.6) is 0 Å². The van der Waals surface area contributed by atoms with Gasteiger partial charge >= 0.3 is 6.03 Å². The summed E-state index contributed by atoms with van der Waals surface area (Å²) in [7, 11) is 1.78. The molecule has 0 aromatic carbocycles. The molecule has 2 rings (SSSR count). The van der Waals surface area contributed by atoms with Crippen molar-refractivity contribution in [1.82, 2.24) is 20.1 Å². The number of aromatic nitrogens is 3. The van der Waals surface area contributed by atoms with Crippen LogP contribution in [-0.4, -0.2) is 20.8 Å². The zero-order valence-electron chi connectivity index (χ0n) is 10.5. The van der Waals surface area contributed by atoms with Crippen molar-refractivity contribution >= 4 is 23.2 Å². The first kappa shape index (κ1) is 12.6. The fourth-order valence-electron chi connectivity index (χ4n) is 1.55. The van der Waals surface area contributed by atoms with Crippen LogP contribution in [0.2, 0.25) is 0 Å². The Labute approximate surface area is 109 Å². The number of urea groups is 1. The number of rotatable bonds is 3. The van der Waals surface area contributed by atoms with E-state index in [1.165, 1.54) is 0 Å². The lowest BCUT2D eigenvalue weighted by atomic mass is 10.4. The van der Waals surface area contributed by atoms with E-state index in [0.29, 0.717) is 12.4 Å². The van der Waals surface area contributed by atoms with Crippen LogP contribution in [0.3, 0.4) is 0 Å². The van der Waals surface area contributed by atoms with Gasteiger partial charge in [0.05, 0.1) is 22.9 Å². The SMILES string of the molecule is Cc1cc(NC(=O)NCc2csc(C)n2)n(C)n1. The predicted octanol–water partition coefficient (Wildman–Crippen LogP) is 1.82. The topological polar surface area (TPSA) is 71.8 Å². The van der Waals surface area contributed by atoms with Crippen LogP contribution in [0.15, 0.2) is 11.4 Å². The summed E-state index contributed by atoms with van der Waals surface area (Å²) in [4.78, 5) is 15.9. The summed E-state index contributed by atoms with van der Waals surface area (Å²) in [6.45, 7) is 4.24. The number of nitrogens with one attached hydrogen (secondary N) is 2. The van der Waals surface area contributed by atoms with Crippen LogP contribution < -0.4 is 10.6 Å². The third kappa shape index (κ3) is 3.07. The lowest BCUT2D eigenvalue weighted by Crippen LogP contribution is -2.29. The number of aryl methyl sites for hydroxylation is 3. The molecule has 0 aliphatic rings. The van der Waals surface area contributed by atoms with Crippen LogP contribution in [0.1, 0.15) is 16.4 Å². The second-order valence-corrected chi connectivity index (χ2v) is 5.02. The molecule has 0 atom stereocenters. The smallest absolute Gasteiger partial charge is 0.320 e. The molecule has 0 fully saturated rings. The minimum atomic E-state index is -0.261. The number of anilines is 1. The van der Waals surface area contributed by atoms with Crippen LogP contribution in [-0.2, 0) is 13.6 Å². The third-order valence-corrected chi connectivity index (χ3v) is 3.16. The van der Waals surface area contributed by atoms with E-state index in [2.05, 4.69) is 20.7 Å². The molecule has 2 amide bonds. The molecular formula is C11H15N5OS. The molecule has 0 aliphatic carbocycles. The quantitative estimate of drug-likeness (QED) is 0.889. The molecule has 96 valence electrons. The maximum Gasteiger partial charge on any atom is 0.320 e. The largest absolute Gasteiger partial charge is 0.332 e. The van der Waals surface area contributed by atoms with Gasteiger partial charge in [-0.25, -0.2) is 9.78 Å². The first-order valence-corrected chi connectivity index (χ1v) is 6.39. The highest BCUT2D eigenvalue weighted by molar-refractivity contribution is 7.09. The van der Waals surface area contributed by atoms with E-state index < -0.39 is 0 Å². The van der Waals surface area contributed by atoms with Gasteiger partial charge in [0.1, 0.15) is 5.82 Å². The van der Waals surface area contributed by atoms with Gasteiger partial charge in [-0.05, 0) is 13.8 Å². The first-order chi connectivity index (χ1) is 8.54. The van der Waals surface area contributed by atoms with Crippen molar-refractivity contribution in [1.29, 1.82) is 0 Å². The van der Waals surface area contributed by atoms with E-state index in [0.717, 1.165) is 16.4 Å². The van der Waals surface area contributed by atoms with Gasteiger partial charge in [-0.1, -0.05) is 0 Å². The van der Waals surface area contributed by atoms with Crippen molar-refractivity contribution in [2.45, 2.75) is 20.4 Å². The maximum atomic E-state index is 11.7. The van der Waals surface area contributed by atoms with E-state index in [-0.39, 0.29) is 6.03 Å². The number of hydrogen-bond acceptors (Lipinski definition) is 4. The molecule has 0 saturated heterocycles. The summed E-state index contributed by atoms with van der Waals surface area (Å²) in [6, 6.07) is 1.55. The van der Waals surface area contributed by atoms with E-state index in [9.17, 15) is 4.79 Å². The maximum absolute atomic E-state index is 11.7. The Morgan fingerprint density at radius 1 is 1.50 bits per heavy atom. The first-order valence-electron chi connectivity index (χ1n) is 5.51. The van der Waals surface area contributed by atoms with Crippen molar-refractivity contribution in [2.75, 3.05) is 5.32 Å². The molecule has 0 bridgehead atoms. The van der Waals surface area contributed by atoms with Gasteiger partial charge in [0, 0.05) is 18.5 Å². The van der Waals surface area contributed by atoms with Gasteiger partial charge in [0.25, 0.3) is 0 Å². The summed E-state index contributed by atoms with van der Waals surface area (Å²) in [5.41, 5.74) is 1.73. The molecule has 0 aliphatic heterocycles. The Morgan fingerprint density at radius 2 is 2.28 bits per heavy atom. The third-order valence-electron chi connectivity index (χ3n) is 2.34. The second kappa shape index (κ2) is 5.18. The molecule has 0 radical (unpaired) electrons. The average Bonchev–Trinajstić information content (AvgIpc) is 2.83. The molecule has 18 heavy (non-hydrogen) atoms. The van der Waals surface area contributed by atoms with Crippen LogP contribution in [0.25, 0.3) is 0 Å². The highest BCUT2D eigenvalue weighted by Crippen LogP contribution is 2.09. The Kier molecular flexibility index (Phi) is 3.61. The molecule has 6 nitrogen and oxygen atoms in total. The molecule has 2 aromatic heterocycles. The predicted molar refractivity (Wildman–Crippen MR) is 70.7 cm³/mol. The molecular weight excluding hydrogens is 250 g/mol. The number of carbonyl (C=O) groups excluding carboxylic acids is 1. The minimum absolute atomic E-state index is 0.261. The van der Waals surface area contributed by atoms with Crippen molar-refractivity contribution < 1.29 is 4.79 Å². The Balaban J connectivity index is 1.87. The minimum Gasteiger partial charge on any atom is -0.332 e. The van der Waals surface area contributed by atoms with Gasteiger partial charge in [0.2, 0.25) is 0 Å². The summed E-state index contributed by atoms with van der Waals surface area (Å²) < 4.78 is 1.63. The molecule has 0 spiro atoms. The highest BCUT2D eigenvalue weighted by Gasteiger charge is 2.07. The monoisotopic (exact) mass is 265 g/mol. The Bertz CT molecular complexity index is 560. The number of carbonyl (C=O) groups is 1.